The summed E-state index contributed by atoms with van der Waals surface area (Å²) in [5, 5.41) is 3.63. The van der Waals surface area contributed by atoms with E-state index >= 15 is 0 Å². The maximum atomic E-state index is 3.63. The number of likely N-dealkylation sites (tertiary alicyclic amines) is 1. The van der Waals surface area contributed by atoms with Crippen LogP contribution in [0.1, 0.15) is 44.7 Å². The van der Waals surface area contributed by atoms with Crippen molar-refractivity contribution in [3.63, 3.8) is 0 Å². The second-order valence-corrected chi connectivity index (χ2v) is 6.91. The number of halogens is 1. The molecule has 1 aliphatic rings. The highest BCUT2D eigenvalue weighted by molar-refractivity contribution is 9.10. The van der Waals surface area contributed by atoms with Crippen LogP contribution in [0, 0.1) is 5.92 Å². The van der Waals surface area contributed by atoms with E-state index in [0.717, 1.165) is 16.9 Å². The van der Waals surface area contributed by atoms with Crippen molar-refractivity contribution in [2.75, 3.05) is 26.2 Å². The van der Waals surface area contributed by atoms with E-state index in [-0.39, 0.29) is 0 Å². The normalized spacial score (nSPS) is 21.9. The molecule has 0 bridgehead atoms. The molecule has 112 valence electrons. The highest BCUT2D eigenvalue weighted by Gasteiger charge is 2.18. The third kappa shape index (κ3) is 4.87. The Balaban J connectivity index is 1.90. The van der Waals surface area contributed by atoms with Crippen molar-refractivity contribution in [1.29, 1.82) is 0 Å². The zero-order valence-corrected chi connectivity index (χ0v) is 14.3. The lowest BCUT2D eigenvalue weighted by atomic mass is 9.98. The minimum atomic E-state index is 0.477. The van der Waals surface area contributed by atoms with Crippen LogP contribution in [0.4, 0.5) is 0 Å². The Labute approximate surface area is 132 Å². The van der Waals surface area contributed by atoms with E-state index in [1.54, 1.807) is 0 Å². The summed E-state index contributed by atoms with van der Waals surface area (Å²) in [6.45, 7) is 9.36. The molecular weight excluding hydrogens is 312 g/mol. The van der Waals surface area contributed by atoms with Crippen LogP contribution in [0.2, 0.25) is 0 Å². The molecule has 1 saturated heterocycles. The lowest BCUT2D eigenvalue weighted by molar-refractivity contribution is 0.176. The van der Waals surface area contributed by atoms with Gasteiger partial charge < -0.3 is 10.2 Å². The van der Waals surface area contributed by atoms with Crippen LogP contribution in [0.15, 0.2) is 28.7 Å². The zero-order chi connectivity index (χ0) is 14.4. The molecule has 1 aliphatic heterocycles. The van der Waals surface area contributed by atoms with Gasteiger partial charge in [-0.3, -0.25) is 0 Å². The topological polar surface area (TPSA) is 15.3 Å². The summed E-state index contributed by atoms with van der Waals surface area (Å²) in [4.78, 5) is 2.64. The third-order valence-corrected chi connectivity index (χ3v) is 4.73. The Morgan fingerprint density at radius 1 is 1.35 bits per heavy atom. The molecule has 2 nitrogen and oxygen atoms in total. The quantitative estimate of drug-likeness (QED) is 0.835. The van der Waals surface area contributed by atoms with E-state index in [2.05, 4.69) is 64.3 Å². The molecule has 0 amide bonds. The summed E-state index contributed by atoms with van der Waals surface area (Å²) in [5.41, 5.74) is 1.40. The number of benzene rings is 1. The fraction of sp³-hybridized carbons (Fsp3) is 0.647. The Hall–Kier alpha value is -0.380. The summed E-state index contributed by atoms with van der Waals surface area (Å²) in [5.74, 6) is 0.869. The number of piperidine rings is 1. The molecule has 0 saturated carbocycles. The fourth-order valence-electron chi connectivity index (χ4n) is 3.13. The summed E-state index contributed by atoms with van der Waals surface area (Å²) in [6.07, 6.45) is 3.97. The van der Waals surface area contributed by atoms with Crippen LogP contribution in [0.3, 0.4) is 0 Å². The molecule has 1 heterocycles. The molecule has 3 heteroatoms. The van der Waals surface area contributed by atoms with E-state index in [0.29, 0.717) is 6.04 Å². The van der Waals surface area contributed by atoms with E-state index in [9.17, 15) is 0 Å². The highest BCUT2D eigenvalue weighted by atomic mass is 79.9. The first-order chi connectivity index (χ1) is 9.69. The number of rotatable bonds is 6. The molecule has 0 radical (unpaired) electrons. The first-order valence-electron chi connectivity index (χ1n) is 7.90. The van der Waals surface area contributed by atoms with E-state index in [1.807, 2.05) is 0 Å². The monoisotopic (exact) mass is 338 g/mol. The molecule has 1 aromatic carbocycles. The van der Waals surface area contributed by atoms with Crippen molar-refractivity contribution in [3.8, 4) is 0 Å². The molecule has 1 fully saturated rings. The van der Waals surface area contributed by atoms with Gasteiger partial charge in [-0.05, 0) is 62.5 Å². The zero-order valence-electron chi connectivity index (χ0n) is 12.7. The number of hydrogen-bond acceptors (Lipinski definition) is 2. The first-order valence-corrected chi connectivity index (χ1v) is 8.69. The second kappa shape index (κ2) is 8.16. The van der Waals surface area contributed by atoms with Crippen LogP contribution in [-0.4, -0.2) is 31.1 Å². The van der Waals surface area contributed by atoms with Crippen LogP contribution in [-0.2, 0) is 0 Å². The predicted molar refractivity (Wildman–Crippen MR) is 90.0 cm³/mol. The molecule has 0 aromatic heterocycles. The summed E-state index contributed by atoms with van der Waals surface area (Å²) in [7, 11) is 0. The number of nitrogens with zero attached hydrogens (tertiary/aromatic N) is 1. The van der Waals surface area contributed by atoms with Crippen LogP contribution >= 0.6 is 15.9 Å². The summed E-state index contributed by atoms with van der Waals surface area (Å²) < 4.78 is 1.15. The lowest BCUT2D eigenvalue weighted by Crippen LogP contribution is -2.36. The first kappa shape index (κ1) is 16.0. The second-order valence-electron chi connectivity index (χ2n) is 6.00. The minimum Gasteiger partial charge on any atom is -0.310 e. The van der Waals surface area contributed by atoms with Gasteiger partial charge in [0.05, 0.1) is 0 Å². The van der Waals surface area contributed by atoms with Gasteiger partial charge in [-0.15, -0.1) is 0 Å². The standard InChI is InChI=1S/C17H27BrN2/c1-3-19-17(15-6-8-16(18)9-7-15)10-12-20-11-4-5-14(2)13-20/h6-9,14,17,19H,3-5,10-13H2,1-2H3. The van der Waals surface area contributed by atoms with Crippen LogP contribution in [0.5, 0.6) is 0 Å². The van der Waals surface area contributed by atoms with Crippen LogP contribution < -0.4 is 5.32 Å². The summed E-state index contributed by atoms with van der Waals surface area (Å²) in [6, 6.07) is 9.22. The Bertz CT molecular complexity index is 390. The molecule has 2 unspecified atom stereocenters. The maximum Gasteiger partial charge on any atom is 0.0332 e. The smallest absolute Gasteiger partial charge is 0.0332 e. The van der Waals surface area contributed by atoms with Crippen molar-refractivity contribution >= 4 is 15.9 Å². The molecule has 2 atom stereocenters. The largest absolute Gasteiger partial charge is 0.310 e. The third-order valence-electron chi connectivity index (χ3n) is 4.20. The van der Waals surface area contributed by atoms with Gasteiger partial charge in [0.2, 0.25) is 0 Å². The van der Waals surface area contributed by atoms with Gasteiger partial charge in [0, 0.05) is 17.1 Å². The van der Waals surface area contributed by atoms with Gasteiger partial charge >= 0.3 is 0 Å². The number of nitrogens with one attached hydrogen (secondary N) is 1. The van der Waals surface area contributed by atoms with Crippen molar-refractivity contribution in [1.82, 2.24) is 10.2 Å². The molecular formula is C17H27BrN2. The Morgan fingerprint density at radius 2 is 2.10 bits per heavy atom. The fourth-order valence-corrected chi connectivity index (χ4v) is 3.39. The van der Waals surface area contributed by atoms with Crippen molar-refractivity contribution in [2.45, 2.75) is 39.2 Å². The summed E-state index contributed by atoms with van der Waals surface area (Å²) >= 11 is 3.51. The number of hydrogen-bond donors (Lipinski definition) is 1. The van der Waals surface area contributed by atoms with Gasteiger partial charge in [-0.1, -0.05) is 41.9 Å². The van der Waals surface area contributed by atoms with Crippen molar-refractivity contribution < 1.29 is 0 Å². The van der Waals surface area contributed by atoms with Crippen LogP contribution in [0.25, 0.3) is 0 Å². The predicted octanol–water partition coefficient (Wildman–Crippen LogP) is 4.22. The van der Waals surface area contributed by atoms with Gasteiger partial charge in [-0.2, -0.15) is 0 Å². The molecule has 0 spiro atoms. The lowest BCUT2D eigenvalue weighted by Gasteiger charge is -2.32. The van der Waals surface area contributed by atoms with Gasteiger partial charge in [-0.25, -0.2) is 0 Å². The average molecular weight is 339 g/mol. The molecule has 20 heavy (non-hydrogen) atoms. The Morgan fingerprint density at radius 3 is 2.75 bits per heavy atom. The minimum absolute atomic E-state index is 0.477. The van der Waals surface area contributed by atoms with E-state index < -0.39 is 0 Å². The molecule has 2 rings (SSSR count). The SMILES string of the molecule is CCNC(CCN1CCCC(C)C1)c1ccc(Br)cc1. The van der Waals surface area contributed by atoms with Crippen molar-refractivity contribution in [2.24, 2.45) is 5.92 Å². The van der Waals surface area contributed by atoms with Crippen molar-refractivity contribution in [3.05, 3.63) is 34.3 Å². The molecule has 0 aliphatic carbocycles. The van der Waals surface area contributed by atoms with Gasteiger partial charge in [0.1, 0.15) is 0 Å². The van der Waals surface area contributed by atoms with E-state index in [1.165, 1.54) is 44.5 Å². The van der Waals surface area contributed by atoms with E-state index in [4.69, 9.17) is 0 Å². The maximum absolute atomic E-state index is 3.63. The molecule has 1 aromatic rings. The van der Waals surface area contributed by atoms with Gasteiger partial charge in [0.25, 0.3) is 0 Å². The van der Waals surface area contributed by atoms with Gasteiger partial charge in [0.15, 0.2) is 0 Å². The average Bonchev–Trinajstić information content (AvgIpc) is 2.44. The Kier molecular flexibility index (Phi) is 6.53. The highest BCUT2D eigenvalue weighted by Crippen LogP contribution is 2.22. The molecule has 1 N–H and O–H groups in total.